The van der Waals surface area contributed by atoms with Crippen LogP contribution in [0.15, 0.2) is 52.1 Å². The topological polar surface area (TPSA) is 96.4 Å². The Kier molecular flexibility index (Phi) is 6.48. The molecule has 2 N–H and O–H groups in total. The van der Waals surface area contributed by atoms with Crippen molar-refractivity contribution in [1.82, 2.24) is 19.8 Å². The summed E-state index contributed by atoms with van der Waals surface area (Å²) in [6.07, 6.45) is 0. The molecular formula is C23H25FN4O4. The Morgan fingerprint density at radius 2 is 1.97 bits per heavy atom. The molecule has 0 aliphatic carbocycles. The number of rotatable bonds is 6. The molecule has 168 valence electrons. The first kappa shape index (κ1) is 21.9. The van der Waals surface area contributed by atoms with E-state index in [1.165, 1.54) is 16.7 Å². The lowest BCUT2D eigenvalue weighted by atomic mass is 10.0. The fraction of sp³-hybridized carbons (Fsp3) is 0.348. The van der Waals surface area contributed by atoms with Gasteiger partial charge in [0.1, 0.15) is 5.82 Å². The lowest BCUT2D eigenvalue weighted by Gasteiger charge is -2.35. The van der Waals surface area contributed by atoms with E-state index in [-0.39, 0.29) is 24.3 Å². The van der Waals surface area contributed by atoms with E-state index in [1.807, 2.05) is 6.07 Å². The zero-order chi connectivity index (χ0) is 22.7. The molecule has 3 aromatic rings. The molecule has 0 radical (unpaired) electrons. The number of nitrogens with one attached hydrogen (secondary N) is 2. The van der Waals surface area contributed by atoms with Crippen LogP contribution in [-0.2, 0) is 11.3 Å². The number of aromatic amines is 1. The second kappa shape index (κ2) is 9.46. The molecule has 1 aliphatic heterocycles. The molecule has 1 fully saturated rings. The average molecular weight is 440 g/mol. The van der Waals surface area contributed by atoms with Gasteiger partial charge in [0.15, 0.2) is 0 Å². The van der Waals surface area contributed by atoms with Gasteiger partial charge in [-0.2, -0.15) is 0 Å². The lowest BCUT2D eigenvalue weighted by molar-refractivity contribution is 0.0162. The van der Waals surface area contributed by atoms with Gasteiger partial charge in [0, 0.05) is 31.7 Å². The first-order chi connectivity index (χ1) is 15.5. The van der Waals surface area contributed by atoms with Crippen molar-refractivity contribution in [2.45, 2.75) is 19.5 Å². The van der Waals surface area contributed by atoms with E-state index in [0.717, 1.165) is 5.56 Å². The first-order valence-electron chi connectivity index (χ1n) is 10.6. The Balaban J connectivity index is 1.57. The maximum atomic E-state index is 13.8. The molecule has 9 heteroatoms. The van der Waals surface area contributed by atoms with E-state index in [0.29, 0.717) is 49.4 Å². The predicted molar refractivity (Wildman–Crippen MR) is 118 cm³/mol. The number of fused-ring (bicyclic) bond motifs is 1. The summed E-state index contributed by atoms with van der Waals surface area (Å²) in [6, 6.07) is 11.0. The van der Waals surface area contributed by atoms with Gasteiger partial charge in [0.25, 0.3) is 5.91 Å². The Bertz CT molecular complexity index is 1250. The third-order valence-electron chi connectivity index (χ3n) is 5.73. The maximum absolute atomic E-state index is 13.8. The molecule has 1 saturated heterocycles. The van der Waals surface area contributed by atoms with Gasteiger partial charge in [0.2, 0.25) is 0 Å². The molecule has 8 nitrogen and oxygen atoms in total. The van der Waals surface area contributed by atoms with Crippen LogP contribution in [0, 0.1) is 5.82 Å². The Morgan fingerprint density at radius 3 is 2.69 bits per heavy atom. The molecule has 1 amide bonds. The lowest BCUT2D eigenvalue weighted by Crippen LogP contribution is -2.43. The largest absolute Gasteiger partial charge is 0.379 e. The summed E-state index contributed by atoms with van der Waals surface area (Å²) in [4.78, 5) is 41.5. The van der Waals surface area contributed by atoms with E-state index in [9.17, 15) is 18.8 Å². The monoisotopic (exact) mass is 440 g/mol. The van der Waals surface area contributed by atoms with Crippen LogP contribution < -0.4 is 16.4 Å². The quantitative estimate of drug-likeness (QED) is 0.569. The van der Waals surface area contributed by atoms with E-state index < -0.39 is 11.1 Å². The number of hydrogen-bond donors (Lipinski definition) is 2. The number of carbonyl (C=O) groups excluding carboxylic acids is 1. The predicted octanol–water partition coefficient (Wildman–Crippen LogP) is 1.65. The van der Waals surface area contributed by atoms with Crippen molar-refractivity contribution < 1.29 is 13.9 Å². The van der Waals surface area contributed by atoms with Gasteiger partial charge in [-0.05, 0) is 42.8 Å². The molecule has 0 spiro atoms. The van der Waals surface area contributed by atoms with Crippen LogP contribution in [0.5, 0.6) is 0 Å². The number of carbonyl (C=O) groups is 1. The Morgan fingerprint density at radius 1 is 1.19 bits per heavy atom. The number of halogens is 1. The van der Waals surface area contributed by atoms with Crippen LogP contribution in [0.3, 0.4) is 0 Å². The minimum absolute atomic E-state index is 0.205. The first-order valence-corrected chi connectivity index (χ1v) is 10.6. The molecule has 2 heterocycles. The molecule has 32 heavy (non-hydrogen) atoms. The molecule has 0 bridgehead atoms. The summed E-state index contributed by atoms with van der Waals surface area (Å²) in [6.45, 7) is 4.93. The third-order valence-corrected chi connectivity index (χ3v) is 5.73. The van der Waals surface area contributed by atoms with Crippen molar-refractivity contribution in [2.24, 2.45) is 0 Å². The molecule has 1 atom stereocenters. The summed E-state index contributed by atoms with van der Waals surface area (Å²) < 4.78 is 20.6. The zero-order valence-electron chi connectivity index (χ0n) is 17.8. The van der Waals surface area contributed by atoms with Crippen LogP contribution >= 0.6 is 0 Å². The molecule has 2 aromatic carbocycles. The van der Waals surface area contributed by atoms with Gasteiger partial charge in [0.05, 0.1) is 30.3 Å². The molecule has 1 aromatic heterocycles. The number of benzene rings is 2. The standard InChI is InChI=1S/C23H25FN4O4/c1-2-28-19-7-6-16(13-18(19)26-22(30)23(28)31)21(29)25-14-20(27-8-10-32-11-9-27)15-4-3-5-17(24)12-15/h3-7,12-13,20H,2,8-11,14H2,1H3,(H,25,29)(H,26,30). The number of aromatic nitrogens is 2. The number of hydrogen-bond acceptors (Lipinski definition) is 5. The minimum Gasteiger partial charge on any atom is -0.379 e. The van der Waals surface area contributed by atoms with Gasteiger partial charge in [-0.3, -0.25) is 19.3 Å². The highest BCUT2D eigenvalue weighted by Crippen LogP contribution is 2.22. The molecule has 1 unspecified atom stereocenters. The zero-order valence-corrected chi connectivity index (χ0v) is 17.8. The fourth-order valence-electron chi connectivity index (χ4n) is 4.09. The number of amides is 1. The summed E-state index contributed by atoms with van der Waals surface area (Å²) in [5.74, 6) is -0.649. The minimum atomic E-state index is -0.726. The number of ether oxygens (including phenoxy) is 1. The summed E-state index contributed by atoms with van der Waals surface area (Å²) in [7, 11) is 0. The van der Waals surface area contributed by atoms with E-state index in [1.54, 1.807) is 31.2 Å². The summed E-state index contributed by atoms with van der Waals surface area (Å²) >= 11 is 0. The van der Waals surface area contributed by atoms with E-state index >= 15 is 0 Å². The van der Waals surface area contributed by atoms with Crippen LogP contribution in [0.1, 0.15) is 28.9 Å². The highest BCUT2D eigenvalue weighted by atomic mass is 19.1. The van der Waals surface area contributed by atoms with Crippen molar-refractivity contribution in [3.63, 3.8) is 0 Å². The van der Waals surface area contributed by atoms with Crippen molar-refractivity contribution >= 4 is 16.9 Å². The van der Waals surface area contributed by atoms with Crippen molar-refractivity contribution in [3.05, 3.63) is 80.1 Å². The smallest absolute Gasteiger partial charge is 0.316 e. The number of morpholine rings is 1. The number of aryl methyl sites for hydroxylation is 1. The number of nitrogens with zero attached hydrogens (tertiary/aromatic N) is 2. The van der Waals surface area contributed by atoms with Crippen LogP contribution in [-0.4, -0.2) is 53.2 Å². The molecule has 0 saturated carbocycles. The van der Waals surface area contributed by atoms with E-state index in [2.05, 4.69) is 15.2 Å². The van der Waals surface area contributed by atoms with Crippen LogP contribution in [0.2, 0.25) is 0 Å². The highest BCUT2D eigenvalue weighted by Gasteiger charge is 2.24. The Labute approximate surface area is 183 Å². The fourth-order valence-corrected chi connectivity index (χ4v) is 4.09. The van der Waals surface area contributed by atoms with Crippen LogP contribution in [0.4, 0.5) is 4.39 Å². The van der Waals surface area contributed by atoms with Crippen molar-refractivity contribution in [3.8, 4) is 0 Å². The average Bonchev–Trinajstić information content (AvgIpc) is 2.80. The summed E-state index contributed by atoms with van der Waals surface area (Å²) in [5.41, 5.74) is 0.756. The normalized spacial score (nSPS) is 15.6. The van der Waals surface area contributed by atoms with Gasteiger partial charge in [-0.25, -0.2) is 4.39 Å². The molecule has 4 rings (SSSR count). The SMILES string of the molecule is CCn1c(=O)c(=O)[nH]c2cc(C(=O)NCC(c3cccc(F)c3)N3CCOCC3)ccc21. The second-order valence-corrected chi connectivity index (χ2v) is 7.66. The molecule has 1 aliphatic rings. The van der Waals surface area contributed by atoms with Crippen molar-refractivity contribution in [1.29, 1.82) is 0 Å². The van der Waals surface area contributed by atoms with E-state index in [4.69, 9.17) is 4.74 Å². The van der Waals surface area contributed by atoms with Crippen molar-refractivity contribution in [2.75, 3.05) is 32.8 Å². The second-order valence-electron chi connectivity index (χ2n) is 7.66. The molecular weight excluding hydrogens is 415 g/mol. The van der Waals surface area contributed by atoms with Gasteiger partial charge >= 0.3 is 11.1 Å². The van der Waals surface area contributed by atoms with Crippen LogP contribution in [0.25, 0.3) is 11.0 Å². The maximum Gasteiger partial charge on any atom is 0.316 e. The third kappa shape index (κ3) is 4.49. The number of H-pyrrole nitrogens is 1. The van der Waals surface area contributed by atoms with Gasteiger partial charge in [-0.1, -0.05) is 12.1 Å². The van der Waals surface area contributed by atoms with Gasteiger partial charge in [-0.15, -0.1) is 0 Å². The highest BCUT2D eigenvalue weighted by molar-refractivity contribution is 5.97. The van der Waals surface area contributed by atoms with Gasteiger partial charge < -0.3 is 19.6 Å². The summed E-state index contributed by atoms with van der Waals surface area (Å²) in [5, 5.41) is 2.93. The Hall–Kier alpha value is -3.30.